The summed E-state index contributed by atoms with van der Waals surface area (Å²) in [7, 11) is 0. The van der Waals surface area contributed by atoms with Crippen LogP contribution < -0.4 is 5.43 Å². The molecule has 2 heterocycles. The third-order valence-corrected chi connectivity index (χ3v) is 5.43. The lowest BCUT2D eigenvalue weighted by atomic mass is 9.99. The van der Waals surface area contributed by atoms with Crippen LogP contribution in [-0.4, -0.2) is 41.3 Å². The minimum atomic E-state index is -0.114. The van der Waals surface area contributed by atoms with Crippen LogP contribution in [0.2, 0.25) is 0 Å². The van der Waals surface area contributed by atoms with Crippen molar-refractivity contribution in [3.63, 3.8) is 0 Å². The van der Waals surface area contributed by atoms with Crippen LogP contribution in [0.4, 0.5) is 0 Å². The van der Waals surface area contributed by atoms with Gasteiger partial charge in [-0.25, -0.2) is 5.43 Å². The van der Waals surface area contributed by atoms with Gasteiger partial charge in [0.05, 0.1) is 0 Å². The Balaban J connectivity index is 1.53. The molecule has 2 aliphatic heterocycles. The zero-order chi connectivity index (χ0) is 16.1. The Morgan fingerprint density at radius 1 is 1.30 bits per heavy atom. The van der Waals surface area contributed by atoms with Crippen LogP contribution in [0.1, 0.15) is 25.7 Å². The van der Waals surface area contributed by atoms with Crippen LogP contribution in [0, 0.1) is 5.92 Å². The Morgan fingerprint density at radius 3 is 2.87 bits per heavy atom. The highest BCUT2D eigenvalue weighted by atomic mass is 32.2. The fraction of sp³-hybridized carbons (Fsp3) is 0.471. The number of benzene rings is 1. The Bertz CT molecular complexity index is 603. The first kappa shape index (κ1) is 16.1. The third-order valence-electron chi connectivity index (χ3n) is 4.19. The van der Waals surface area contributed by atoms with Gasteiger partial charge in [0.25, 0.3) is 5.91 Å². The molecule has 0 saturated carbocycles. The number of piperidine rings is 1. The Morgan fingerprint density at radius 2 is 2.13 bits per heavy atom. The van der Waals surface area contributed by atoms with Gasteiger partial charge in [-0.05, 0) is 30.9 Å². The van der Waals surface area contributed by atoms with Crippen LogP contribution >= 0.6 is 11.8 Å². The molecule has 2 aliphatic rings. The molecule has 23 heavy (non-hydrogen) atoms. The molecule has 122 valence electrons. The zero-order valence-corrected chi connectivity index (χ0v) is 13.8. The fourth-order valence-corrected chi connectivity index (χ4v) is 3.98. The lowest BCUT2D eigenvalue weighted by Crippen LogP contribution is -2.45. The maximum atomic E-state index is 12.5. The average molecular weight is 331 g/mol. The highest BCUT2D eigenvalue weighted by Crippen LogP contribution is 2.26. The van der Waals surface area contributed by atoms with Crippen molar-refractivity contribution in [1.29, 1.82) is 0 Å². The largest absolute Gasteiger partial charge is 0.337 e. The number of amides is 2. The van der Waals surface area contributed by atoms with Gasteiger partial charge in [0.1, 0.15) is 5.71 Å². The van der Waals surface area contributed by atoms with E-state index in [4.69, 9.17) is 0 Å². The first-order valence-electron chi connectivity index (χ1n) is 8.05. The van der Waals surface area contributed by atoms with Gasteiger partial charge in [-0.3, -0.25) is 9.59 Å². The zero-order valence-electron chi connectivity index (χ0n) is 13.0. The van der Waals surface area contributed by atoms with E-state index in [1.165, 1.54) is 4.90 Å². The van der Waals surface area contributed by atoms with Crippen molar-refractivity contribution in [2.24, 2.45) is 11.0 Å². The van der Waals surface area contributed by atoms with E-state index in [0.29, 0.717) is 24.5 Å². The highest BCUT2D eigenvalue weighted by Gasteiger charge is 2.28. The molecular formula is C17H21N3O2S. The van der Waals surface area contributed by atoms with Crippen LogP contribution in [0.25, 0.3) is 0 Å². The van der Waals surface area contributed by atoms with E-state index >= 15 is 0 Å². The summed E-state index contributed by atoms with van der Waals surface area (Å²) in [5.74, 6) is 1.41. The summed E-state index contributed by atoms with van der Waals surface area (Å²) in [6.45, 7) is 1.57. The number of rotatable bonds is 4. The van der Waals surface area contributed by atoms with E-state index in [0.717, 1.165) is 31.7 Å². The van der Waals surface area contributed by atoms with E-state index in [2.05, 4.69) is 34.8 Å². The molecule has 0 spiro atoms. The number of hydrogen-bond acceptors (Lipinski definition) is 4. The number of likely N-dealkylation sites (tertiary alicyclic amines) is 1. The van der Waals surface area contributed by atoms with Crippen molar-refractivity contribution in [3.8, 4) is 0 Å². The maximum absolute atomic E-state index is 12.5. The van der Waals surface area contributed by atoms with Crippen molar-refractivity contribution in [1.82, 2.24) is 10.3 Å². The predicted octanol–water partition coefficient (Wildman–Crippen LogP) is 2.28. The molecule has 3 rings (SSSR count). The van der Waals surface area contributed by atoms with Gasteiger partial charge in [0.15, 0.2) is 0 Å². The minimum absolute atomic E-state index is 0.0144. The maximum Gasteiger partial charge on any atom is 0.270 e. The summed E-state index contributed by atoms with van der Waals surface area (Å²) in [5.41, 5.74) is 2.89. The molecule has 1 N–H and O–H groups in total. The van der Waals surface area contributed by atoms with Crippen LogP contribution in [0.15, 0.2) is 40.3 Å². The summed E-state index contributed by atoms with van der Waals surface area (Å²) in [5, 5.41) is 3.92. The molecule has 0 radical (unpaired) electrons. The lowest BCUT2D eigenvalue weighted by Gasteiger charge is -2.33. The molecule has 1 unspecified atom stereocenters. The van der Waals surface area contributed by atoms with E-state index in [9.17, 15) is 9.59 Å². The number of nitrogens with zero attached hydrogens (tertiary/aromatic N) is 2. The van der Waals surface area contributed by atoms with Crippen molar-refractivity contribution < 1.29 is 9.59 Å². The molecular weight excluding hydrogens is 310 g/mol. The number of carbonyl (C=O) groups is 2. The van der Waals surface area contributed by atoms with E-state index in [1.807, 2.05) is 22.7 Å². The third kappa shape index (κ3) is 4.34. The van der Waals surface area contributed by atoms with Crippen LogP contribution in [0.3, 0.4) is 0 Å². The van der Waals surface area contributed by atoms with Gasteiger partial charge in [0.2, 0.25) is 5.91 Å². The van der Waals surface area contributed by atoms with Crippen molar-refractivity contribution in [3.05, 3.63) is 30.3 Å². The molecule has 0 aromatic heterocycles. The molecule has 1 atom stereocenters. The van der Waals surface area contributed by atoms with Crippen molar-refractivity contribution in [2.45, 2.75) is 30.6 Å². The molecule has 5 nitrogen and oxygen atoms in total. The summed E-state index contributed by atoms with van der Waals surface area (Å²) in [6, 6.07) is 10.4. The van der Waals surface area contributed by atoms with Gasteiger partial charge in [-0.15, -0.1) is 11.8 Å². The molecule has 6 heteroatoms. The highest BCUT2D eigenvalue weighted by molar-refractivity contribution is 7.99. The Hall–Kier alpha value is -1.82. The molecule has 0 bridgehead atoms. The van der Waals surface area contributed by atoms with Gasteiger partial charge < -0.3 is 4.90 Å². The van der Waals surface area contributed by atoms with Crippen molar-refractivity contribution >= 4 is 29.3 Å². The summed E-state index contributed by atoms with van der Waals surface area (Å²) in [4.78, 5) is 26.8. The molecule has 1 saturated heterocycles. The summed E-state index contributed by atoms with van der Waals surface area (Å²) < 4.78 is 0. The van der Waals surface area contributed by atoms with Gasteiger partial charge in [0, 0.05) is 36.6 Å². The number of nitrogens with one attached hydrogen (secondary N) is 1. The smallest absolute Gasteiger partial charge is 0.270 e. The number of carbonyl (C=O) groups excluding carboxylic acids is 2. The SMILES string of the molecule is O=C1CCC(C(=O)N2CCCC(CSc3ccccc3)C2)=NN1. The first-order valence-corrected chi connectivity index (χ1v) is 9.03. The lowest BCUT2D eigenvalue weighted by molar-refractivity contribution is -0.126. The quantitative estimate of drug-likeness (QED) is 0.861. The van der Waals surface area contributed by atoms with Crippen LogP contribution in [0.5, 0.6) is 0 Å². The van der Waals surface area contributed by atoms with E-state index in [-0.39, 0.29) is 11.8 Å². The van der Waals surface area contributed by atoms with Gasteiger partial charge >= 0.3 is 0 Å². The van der Waals surface area contributed by atoms with Crippen molar-refractivity contribution in [2.75, 3.05) is 18.8 Å². The normalized spacial score (nSPS) is 21.6. The Labute approximate surface area is 140 Å². The Kier molecular flexibility index (Phi) is 5.33. The monoisotopic (exact) mass is 331 g/mol. The van der Waals surface area contributed by atoms with Gasteiger partial charge in [-0.1, -0.05) is 18.2 Å². The summed E-state index contributed by atoms with van der Waals surface area (Å²) >= 11 is 1.85. The van der Waals surface area contributed by atoms with E-state index < -0.39 is 0 Å². The number of hydrogen-bond donors (Lipinski definition) is 1. The number of thioether (sulfide) groups is 1. The van der Waals surface area contributed by atoms with Gasteiger partial charge in [-0.2, -0.15) is 5.10 Å². The molecule has 1 fully saturated rings. The minimum Gasteiger partial charge on any atom is -0.337 e. The fourth-order valence-electron chi connectivity index (χ4n) is 2.93. The average Bonchev–Trinajstić information content (AvgIpc) is 2.61. The second-order valence-electron chi connectivity index (χ2n) is 5.98. The van der Waals surface area contributed by atoms with E-state index in [1.54, 1.807) is 0 Å². The molecule has 2 amide bonds. The second-order valence-corrected chi connectivity index (χ2v) is 7.07. The predicted molar refractivity (Wildman–Crippen MR) is 91.3 cm³/mol. The molecule has 1 aromatic carbocycles. The molecule has 1 aromatic rings. The topological polar surface area (TPSA) is 61.8 Å². The van der Waals surface area contributed by atoms with Crippen LogP contribution in [-0.2, 0) is 9.59 Å². The first-order chi connectivity index (χ1) is 11.2. The molecule has 0 aliphatic carbocycles. The summed E-state index contributed by atoms with van der Waals surface area (Å²) in [6.07, 6.45) is 2.99. The number of hydrazone groups is 1. The second kappa shape index (κ2) is 7.64. The standard InChI is InChI=1S/C17H21N3O2S/c21-16-9-8-15(18-19-16)17(22)20-10-4-5-13(11-20)12-23-14-6-2-1-3-7-14/h1-3,6-7,13H,4-5,8-12H2,(H,19,21).